The zero-order chi connectivity index (χ0) is 11.7. The van der Waals surface area contributed by atoms with Gasteiger partial charge in [-0.25, -0.2) is 4.39 Å². The van der Waals surface area contributed by atoms with Crippen LogP contribution in [0.15, 0.2) is 24.4 Å². The van der Waals surface area contributed by atoms with Crippen molar-refractivity contribution >= 4 is 10.9 Å². The van der Waals surface area contributed by atoms with E-state index in [1.807, 2.05) is 6.07 Å². The highest BCUT2D eigenvalue weighted by Gasteiger charge is 2.10. The van der Waals surface area contributed by atoms with E-state index in [4.69, 9.17) is 5.73 Å². The number of benzene rings is 1. The summed E-state index contributed by atoms with van der Waals surface area (Å²) in [4.78, 5) is 0. The third kappa shape index (κ3) is 1.83. The van der Waals surface area contributed by atoms with Gasteiger partial charge in [-0.2, -0.15) is 0 Å². The maximum atomic E-state index is 13.2. The molecule has 1 aromatic carbocycles. The highest BCUT2D eigenvalue weighted by molar-refractivity contribution is 5.84. The Morgan fingerprint density at radius 3 is 2.75 bits per heavy atom. The van der Waals surface area contributed by atoms with E-state index in [-0.39, 0.29) is 5.82 Å². The van der Waals surface area contributed by atoms with Gasteiger partial charge < -0.3 is 10.3 Å². The van der Waals surface area contributed by atoms with Gasteiger partial charge in [0.05, 0.1) is 5.52 Å². The molecule has 0 spiro atoms. The minimum atomic E-state index is -0.188. The Morgan fingerprint density at radius 1 is 1.38 bits per heavy atom. The van der Waals surface area contributed by atoms with Crippen molar-refractivity contribution in [2.45, 2.75) is 26.3 Å². The number of nitrogens with zero attached hydrogens (tertiary/aromatic N) is 1. The van der Waals surface area contributed by atoms with Gasteiger partial charge in [0.25, 0.3) is 0 Å². The van der Waals surface area contributed by atoms with Crippen LogP contribution in [0.1, 0.15) is 25.5 Å². The molecule has 0 aliphatic rings. The highest BCUT2D eigenvalue weighted by atomic mass is 19.1. The van der Waals surface area contributed by atoms with Crippen LogP contribution >= 0.6 is 0 Å². The van der Waals surface area contributed by atoms with Crippen molar-refractivity contribution in [1.29, 1.82) is 0 Å². The van der Waals surface area contributed by atoms with E-state index in [2.05, 4.69) is 24.6 Å². The predicted molar refractivity (Wildman–Crippen MR) is 65.0 cm³/mol. The quantitative estimate of drug-likeness (QED) is 0.847. The smallest absolute Gasteiger partial charge is 0.125 e. The van der Waals surface area contributed by atoms with E-state index in [0.717, 1.165) is 17.3 Å². The second-order valence-electron chi connectivity index (χ2n) is 4.36. The lowest BCUT2D eigenvalue weighted by Crippen LogP contribution is -2.02. The molecule has 2 nitrogen and oxygen atoms in total. The Balaban J connectivity index is 2.66. The molecule has 0 bridgehead atoms. The van der Waals surface area contributed by atoms with E-state index < -0.39 is 0 Å². The molecule has 86 valence electrons. The van der Waals surface area contributed by atoms with Crippen LogP contribution in [0.5, 0.6) is 0 Å². The number of hydrogen-bond acceptors (Lipinski definition) is 1. The monoisotopic (exact) mass is 220 g/mol. The zero-order valence-electron chi connectivity index (χ0n) is 9.70. The number of nitrogens with two attached hydrogens (primary N) is 1. The van der Waals surface area contributed by atoms with Gasteiger partial charge in [-0.05, 0) is 50.6 Å². The summed E-state index contributed by atoms with van der Waals surface area (Å²) in [6.45, 7) is 4.81. The fourth-order valence-corrected chi connectivity index (χ4v) is 2.08. The minimum absolute atomic E-state index is 0.188. The third-order valence-electron chi connectivity index (χ3n) is 2.85. The van der Waals surface area contributed by atoms with Crippen molar-refractivity contribution in [3.8, 4) is 0 Å². The first-order valence-corrected chi connectivity index (χ1v) is 5.62. The first-order valence-electron chi connectivity index (χ1n) is 5.62. The highest BCUT2D eigenvalue weighted by Crippen LogP contribution is 2.25. The molecular formula is C13H17FN2. The summed E-state index contributed by atoms with van der Waals surface area (Å²) >= 11 is 0. The molecule has 0 amide bonds. The summed E-state index contributed by atoms with van der Waals surface area (Å²) < 4.78 is 15.3. The molecule has 0 fully saturated rings. The Morgan fingerprint density at radius 2 is 2.12 bits per heavy atom. The average molecular weight is 220 g/mol. The van der Waals surface area contributed by atoms with Crippen LogP contribution in [0.4, 0.5) is 4.39 Å². The predicted octanol–water partition coefficient (Wildman–Crippen LogP) is 2.86. The summed E-state index contributed by atoms with van der Waals surface area (Å²) in [5, 5.41) is 1.11. The topological polar surface area (TPSA) is 30.9 Å². The Hall–Kier alpha value is -1.35. The second kappa shape index (κ2) is 4.26. The Labute approximate surface area is 94.9 Å². The number of hydrogen-bond donors (Lipinski definition) is 1. The van der Waals surface area contributed by atoms with Gasteiger partial charge in [0.2, 0.25) is 0 Å². The van der Waals surface area contributed by atoms with Gasteiger partial charge in [-0.15, -0.1) is 0 Å². The largest absolute Gasteiger partial charge is 0.345 e. The third-order valence-corrected chi connectivity index (χ3v) is 2.85. The first kappa shape index (κ1) is 11.1. The Bertz CT molecular complexity index is 500. The van der Waals surface area contributed by atoms with Crippen LogP contribution in [0, 0.1) is 5.82 Å². The molecule has 16 heavy (non-hydrogen) atoms. The van der Waals surface area contributed by atoms with Crippen LogP contribution in [0.25, 0.3) is 10.9 Å². The van der Waals surface area contributed by atoms with Crippen LogP contribution in [0.3, 0.4) is 0 Å². The van der Waals surface area contributed by atoms with Crippen molar-refractivity contribution in [2.75, 3.05) is 6.54 Å². The number of halogens is 1. The Kier molecular flexibility index (Phi) is 2.97. The van der Waals surface area contributed by atoms with Gasteiger partial charge in [-0.1, -0.05) is 0 Å². The summed E-state index contributed by atoms with van der Waals surface area (Å²) in [5.74, 6) is -0.188. The van der Waals surface area contributed by atoms with Crippen LogP contribution in [0.2, 0.25) is 0 Å². The molecule has 0 saturated heterocycles. The van der Waals surface area contributed by atoms with Crippen molar-refractivity contribution in [3.05, 3.63) is 35.8 Å². The molecule has 0 saturated carbocycles. The molecule has 2 rings (SSSR count). The van der Waals surface area contributed by atoms with E-state index in [1.54, 1.807) is 6.07 Å². The summed E-state index contributed by atoms with van der Waals surface area (Å²) in [6.07, 6.45) is 2.92. The lowest BCUT2D eigenvalue weighted by Gasteiger charge is -2.08. The molecular weight excluding hydrogens is 203 g/mol. The van der Waals surface area contributed by atoms with Gasteiger partial charge in [0.1, 0.15) is 5.82 Å². The molecule has 0 radical (unpaired) electrons. The van der Waals surface area contributed by atoms with Gasteiger partial charge >= 0.3 is 0 Å². The van der Waals surface area contributed by atoms with E-state index in [0.29, 0.717) is 12.6 Å². The van der Waals surface area contributed by atoms with Crippen LogP contribution < -0.4 is 5.73 Å². The SMILES string of the molecule is CC(C)n1cc(CCN)c2ccc(F)cc21. The molecule has 1 heterocycles. The van der Waals surface area contributed by atoms with Crippen LogP contribution in [-0.2, 0) is 6.42 Å². The van der Waals surface area contributed by atoms with Crippen LogP contribution in [-0.4, -0.2) is 11.1 Å². The zero-order valence-corrected chi connectivity index (χ0v) is 9.70. The van der Waals surface area contributed by atoms with E-state index in [9.17, 15) is 4.39 Å². The van der Waals surface area contributed by atoms with E-state index in [1.165, 1.54) is 11.6 Å². The average Bonchev–Trinajstić information content (AvgIpc) is 2.57. The summed E-state index contributed by atoms with van der Waals surface area (Å²) in [6, 6.07) is 5.27. The maximum absolute atomic E-state index is 13.2. The molecule has 2 N–H and O–H groups in total. The van der Waals surface area contributed by atoms with Crippen molar-refractivity contribution in [1.82, 2.24) is 4.57 Å². The second-order valence-corrected chi connectivity index (χ2v) is 4.36. The van der Waals surface area contributed by atoms with Crippen molar-refractivity contribution in [3.63, 3.8) is 0 Å². The lowest BCUT2D eigenvalue weighted by molar-refractivity contribution is 0.610. The maximum Gasteiger partial charge on any atom is 0.125 e. The fourth-order valence-electron chi connectivity index (χ4n) is 2.08. The molecule has 2 aromatic rings. The van der Waals surface area contributed by atoms with E-state index >= 15 is 0 Å². The lowest BCUT2D eigenvalue weighted by atomic mass is 10.1. The number of aromatic nitrogens is 1. The summed E-state index contributed by atoms with van der Waals surface area (Å²) in [7, 11) is 0. The number of rotatable bonds is 3. The van der Waals surface area contributed by atoms with Crippen molar-refractivity contribution < 1.29 is 4.39 Å². The number of fused-ring (bicyclic) bond motifs is 1. The molecule has 0 atom stereocenters. The first-order chi connectivity index (χ1) is 7.63. The fraction of sp³-hybridized carbons (Fsp3) is 0.385. The van der Waals surface area contributed by atoms with Gasteiger partial charge in [-0.3, -0.25) is 0 Å². The molecule has 3 heteroatoms. The summed E-state index contributed by atoms with van der Waals surface area (Å²) in [5.41, 5.74) is 7.74. The van der Waals surface area contributed by atoms with Crippen molar-refractivity contribution in [2.24, 2.45) is 5.73 Å². The van der Waals surface area contributed by atoms with Gasteiger partial charge in [0.15, 0.2) is 0 Å². The minimum Gasteiger partial charge on any atom is -0.345 e. The van der Waals surface area contributed by atoms with Gasteiger partial charge in [0, 0.05) is 17.6 Å². The molecule has 1 aromatic heterocycles. The normalized spacial score (nSPS) is 11.6. The standard InChI is InChI=1S/C13H17FN2/c1-9(2)16-8-10(5-6-15)12-4-3-11(14)7-13(12)16/h3-4,7-9H,5-6,15H2,1-2H3. The molecule has 0 aliphatic heterocycles. The molecule has 0 aliphatic carbocycles. The molecule has 0 unspecified atom stereocenters.